The maximum absolute atomic E-state index is 5.61. The van der Waals surface area contributed by atoms with Crippen molar-refractivity contribution in [3.8, 4) is 0 Å². The highest BCUT2D eigenvalue weighted by Gasteiger charge is 2.19. The molecule has 122 valence electrons. The molecule has 1 aliphatic heterocycles. The summed E-state index contributed by atoms with van der Waals surface area (Å²) in [4.78, 5) is 4.78. The van der Waals surface area contributed by atoms with Gasteiger partial charge in [0.15, 0.2) is 5.11 Å². The monoisotopic (exact) mass is 345 g/mol. The van der Waals surface area contributed by atoms with Crippen molar-refractivity contribution in [2.75, 3.05) is 31.5 Å². The Bertz CT molecular complexity index is 659. The van der Waals surface area contributed by atoms with Gasteiger partial charge in [-0.25, -0.2) is 0 Å². The smallest absolute Gasteiger partial charge is 0.173 e. The lowest BCUT2D eigenvalue weighted by atomic mass is 10.1. The van der Waals surface area contributed by atoms with Gasteiger partial charge < -0.3 is 10.2 Å². The average molecular weight is 346 g/mol. The number of thiocarbonyl (C=S) groups is 1. The van der Waals surface area contributed by atoms with Crippen LogP contribution in [0.3, 0.4) is 0 Å². The molecule has 0 atom stereocenters. The van der Waals surface area contributed by atoms with Gasteiger partial charge in [-0.3, -0.25) is 4.90 Å². The van der Waals surface area contributed by atoms with Gasteiger partial charge in [0, 0.05) is 38.4 Å². The molecule has 2 aromatic rings. The number of thiophene rings is 1. The Morgan fingerprint density at radius 1 is 1.17 bits per heavy atom. The zero-order chi connectivity index (χ0) is 16.2. The predicted molar refractivity (Wildman–Crippen MR) is 103 cm³/mol. The summed E-state index contributed by atoms with van der Waals surface area (Å²) in [6.45, 7) is 9.41. The number of aryl methyl sites for hydroxylation is 1. The van der Waals surface area contributed by atoms with Crippen LogP contribution in [-0.2, 0) is 6.54 Å². The van der Waals surface area contributed by atoms with Gasteiger partial charge in [0.1, 0.15) is 0 Å². The highest BCUT2D eigenvalue weighted by atomic mass is 32.1. The van der Waals surface area contributed by atoms with Crippen LogP contribution < -0.4 is 5.32 Å². The lowest BCUT2D eigenvalue weighted by molar-refractivity contribution is 0.177. The predicted octanol–water partition coefficient (Wildman–Crippen LogP) is 3.88. The van der Waals surface area contributed by atoms with Crippen LogP contribution in [0.2, 0.25) is 0 Å². The fraction of sp³-hybridized carbons (Fsp3) is 0.389. The summed E-state index contributed by atoms with van der Waals surface area (Å²) in [7, 11) is 0. The summed E-state index contributed by atoms with van der Waals surface area (Å²) in [6.07, 6.45) is 0. The van der Waals surface area contributed by atoms with Gasteiger partial charge in [-0.15, -0.1) is 0 Å². The third kappa shape index (κ3) is 4.10. The van der Waals surface area contributed by atoms with Crippen LogP contribution in [0.15, 0.2) is 35.0 Å². The molecule has 1 fully saturated rings. The number of piperazine rings is 1. The molecule has 1 aromatic carbocycles. The van der Waals surface area contributed by atoms with Crippen LogP contribution in [0.5, 0.6) is 0 Å². The fourth-order valence-electron chi connectivity index (χ4n) is 2.83. The standard InChI is InChI=1S/C18H23N3S2/c1-14-4-3-5-17(15(14)2)19-18(22)21-9-7-20(8-10-21)12-16-6-11-23-13-16/h3-6,11,13H,7-10,12H2,1-2H3,(H,19,22). The van der Waals surface area contributed by atoms with Crippen LogP contribution in [0.4, 0.5) is 5.69 Å². The first-order chi connectivity index (χ1) is 11.1. The van der Waals surface area contributed by atoms with Crippen LogP contribution in [0.1, 0.15) is 16.7 Å². The van der Waals surface area contributed by atoms with Crippen LogP contribution >= 0.6 is 23.6 Å². The van der Waals surface area contributed by atoms with Crippen LogP contribution in [0, 0.1) is 13.8 Å². The molecular weight excluding hydrogens is 322 g/mol. The maximum Gasteiger partial charge on any atom is 0.173 e. The van der Waals surface area contributed by atoms with E-state index in [1.807, 2.05) is 0 Å². The van der Waals surface area contributed by atoms with E-state index in [0.29, 0.717) is 0 Å². The third-order valence-electron chi connectivity index (χ3n) is 4.49. The topological polar surface area (TPSA) is 18.5 Å². The first-order valence-electron chi connectivity index (χ1n) is 7.99. The van der Waals surface area contributed by atoms with Gasteiger partial charge in [-0.2, -0.15) is 11.3 Å². The summed E-state index contributed by atoms with van der Waals surface area (Å²) >= 11 is 7.38. The quantitative estimate of drug-likeness (QED) is 0.851. The number of nitrogens with one attached hydrogen (secondary N) is 1. The van der Waals surface area contributed by atoms with E-state index in [0.717, 1.165) is 43.5 Å². The van der Waals surface area contributed by atoms with Gasteiger partial charge in [-0.05, 0) is 65.6 Å². The molecule has 3 rings (SSSR count). The summed E-state index contributed by atoms with van der Waals surface area (Å²) in [5, 5.41) is 8.65. The van der Waals surface area contributed by atoms with Crippen LogP contribution in [-0.4, -0.2) is 41.1 Å². The lowest BCUT2D eigenvalue weighted by Crippen LogP contribution is -2.49. The van der Waals surface area contributed by atoms with Crippen molar-refractivity contribution in [2.45, 2.75) is 20.4 Å². The molecule has 0 spiro atoms. The highest BCUT2D eigenvalue weighted by Crippen LogP contribution is 2.19. The molecule has 0 unspecified atom stereocenters. The lowest BCUT2D eigenvalue weighted by Gasteiger charge is -2.36. The first kappa shape index (κ1) is 16.4. The van der Waals surface area contributed by atoms with E-state index in [1.54, 1.807) is 11.3 Å². The van der Waals surface area contributed by atoms with Crippen molar-refractivity contribution in [2.24, 2.45) is 0 Å². The van der Waals surface area contributed by atoms with E-state index in [1.165, 1.54) is 16.7 Å². The Kier molecular flexibility index (Phi) is 5.30. The van der Waals surface area contributed by atoms with E-state index >= 15 is 0 Å². The van der Waals surface area contributed by atoms with E-state index in [2.05, 4.69) is 64.0 Å². The molecule has 0 amide bonds. The molecule has 0 bridgehead atoms. The minimum Gasteiger partial charge on any atom is -0.346 e. The minimum atomic E-state index is 0.842. The Hall–Kier alpha value is -1.43. The summed E-state index contributed by atoms with van der Waals surface area (Å²) < 4.78 is 0. The molecule has 1 N–H and O–H groups in total. The second kappa shape index (κ2) is 7.43. The van der Waals surface area contributed by atoms with Crippen LogP contribution in [0.25, 0.3) is 0 Å². The molecule has 5 heteroatoms. The molecule has 2 heterocycles. The van der Waals surface area contributed by atoms with Crippen molar-refractivity contribution in [1.82, 2.24) is 9.80 Å². The maximum atomic E-state index is 5.61. The summed E-state index contributed by atoms with van der Waals surface area (Å²) in [6, 6.07) is 8.52. The Balaban J connectivity index is 1.53. The zero-order valence-electron chi connectivity index (χ0n) is 13.7. The van der Waals surface area contributed by atoms with Gasteiger partial charge >= 0.3 is 0 Å². The second-order valence-corrected chi connectivity index (χ2v) is 7.24. The van der Waals surface area contributed by atoms with E-state index in [9.17, 15) is 0 Å². The average Bonchev–Trinajstić information content (AvgIpc) is 3.05. The summed E-state index contributed by atoms with van der Waals surface area (Å²) in [5.41, 5.74) is 5.10. The number of nitrogens with zero attached hydrogens (tertiary/aromatic N) is 2. The van der Waals surface area contributed by atoms with Crippen molar-refractivity contribution in [3.05, 3.63) is 51.7 Å². The van der Waals surface area contributed by atoms with Gasteiger partial charge in [0.25, 0.3) is 0 Å². The van der Waals surface area contributed by atoms with Crippen molar-refractivity contribution < 1.29 is 0 Å². The zero-order valence-corrected chi connectivity index (χ0v) is 15.3. The van der Waals surface area contributed by atoms with Crippen molar-refractivity contribution >= 4 is 34.4 Å². The molecule has 0 radical (unpaired) electrons. The molecule has 0 saturated carbocycles. The van der Waals surface area contributed by atoms with Crippen molar-refractivity contribution in [3.63, 3.8) is 0 Å². The second-order valence-electron chi connectivity index (χ2n) is 6.07. The number of hydrogen-bond acceptors (Lipinski definition) is 3. The Labute approximate surface area is 147 Å². The molecule has 23 heavy (non-hydrogen) atoms. The molecule has 0 aliphatic carbocycles. The van der Waals surface area contributed by atoms with E-state index in [-0.39, 0.29) is 0 Å². The number of anilines is 1. The van der Waals surface area contributed by atoms with E-state index < -0.39 is 0 Å². The van der Waals surface area contributed by atoms with Gasteiger partial charge in [0.2, 0.25) is 0 Å². The Morgan fingerprint density at radius 3 is 2.65 bits per heavy atom. The Morgan fingerprint density at radius 2 is 1.96 bits per heavy atom. The molecule has 1 aromatic heterocycles. The molecule has 1 aliphatic rings. The normalized spacial score (nSPS) is 15.7. The molecule has 1 saturated heterocycles. The number of rotatable bonds is 3. The molecule has 3 nitrogen and oxygen atoms in total. The number of hydrogen-bond donors (Lipinski definition) is 1. The van der Waals surface area contributed by atoms with Crippen molar-refractivity contribution in [1.29, 1.82) is 0 Å². The van der Waals surface area contributed by atoms with E-state index in [4.69, 9.17) is 12.2 Å². The van der Waals surface area contributed by atoms with Gasteiger partial charge in [-0.1, -0.05) is 12.1 Å². The fourth-order valence-corrected chi connectivity index (χ4v) is 3.78. The third-order valence-corrected chi connectivity index (χ3v) is 5.58. The largest absolute Gasteiger partial charge is 0.346 e. The summed E-state index contributed by atoms with van der Waals surface area (Å²) in [5.74, 6) is 0. The SMILES string of the molecule is Cc1cccc(NC(=S)N2CCN(Cc3ccsc3)CC2)c1C. The highest BCUT2D eigenvalue weighted by molar-refractivity contribution is 7.80. The first-order valence-corrected chi connectivity index (χ1v) is 9.34. The molecular formula is C18H23N3S2. The minimum absolute atomic E-state index is 0.842. The van der Waals surface area contributed by atoms with Gasteiger partial charge in [0.05, 0.1) is 0 Å². The number of benzene rings is 1.